The molecule has 6 heteroatoms. The smallest absolute Gasteiger partial charge is 0.317 e. The molecule has 0 saturated carbocycles. The molecule has 1 saturated heterocycles. The Balaban J connectivity index is 2.11. The quantitative estimate of drug-likeness (QED) is 0.750. The fourth-order valence-electron chi connectivity index (χ4n) is 2.06. The Morgan fingerprint density at radius 2 is 1.84 bits per heavy atom. The third kappa shape index (κ3) is 6.42. The summed E-state index contributed by atoms with van der Waals surface area (Å²) in [5.74, 6) is -0.433. The third-order valence-corrected chi connectivity index (χ3v) is 3.55. The summed E-state index contributed by atoms with van der Waals surface area (Å²) in [5.41, 5.74) is 0. The number of hydrogen-bond donors (Lipinski definition) is 2. The van der Waals surface area contributed by atoms with Crippen molar-refractivity contribution in [3.05, 3.63) is 0 Å². The van der Waals surface area contributed by atoms with E-state index in [0.29, 0.717) is 18.9 Å². The molecular formula is C13H25N3O3. The molecule has 110 valence electrons. The third-order valence-electron chi connectivity index (χ3n) is 3.55. The van der Waals surface area contributed by atoms with E-state index in [2.05, 4.69) is 17.3 Å². The molecule has 0 spiro atoms. The Hall–Kier alpha value is -1.30. The maximum absolute atomic E-state index is 11.9. The minimum atomic E-state index is -0.756. The number of urea groups is 1. The first-order valence-electron chi connectivity index (χ1n) is 6.92. The molecule has 1 unspecified atom stereocenters. The lowest BCUT2D eigenvalue weighted by molar-refractivity contribution is -0.137. The molecule has 6 nitrogen and oxygen atoms in total. The SMILES string of the molecule is CC(CCNC(=O)N1CCN(C)CC1)CCC(=O)O. The number of nitrogens with zero attached hydrogens (tertiary/aromatic N) is 2. The van der Waals surface area contributed by atoms with E-state index in [1.165, 1.54) is 0 Å². The van der Waals surface area contributed by atoms with Gasteiger partial charge >= 0.3 is 12.0 Å². The predicted octanol–water partition coefficient (Wildman–Crippen LogP) is 0.834. The zero-order valence-electron chi connectivity index (χ0n) is 11.9. The van der Waals surface area contributed by atoms with Gasteiger partial charge in [-0.05, 0) is 25.8 Å². The van der Waals surface area contributed by atoms with Gasteiger partial charge in [-0.2, -0.15) is 0 Å². The van der Waals surface area contributed by atoms with Gasteiger partial charge < -0.3 is 20.2 Å². The lowest BCUT2D eigenvalue weighted by atomic mass is 10.0. The molecule has 1 fully saturated rings. The van der Waals surface area contributed by atoms with E-state index in [4.69, 9.17) is 5.11 Å². The molecule has 0 aliphatic carbocycles. The van der Waals surface area contributed by atoms with Gasteiger partial charge in [0.05, 0.1) is 0 Å². The lowest BCUT2D eigenvalue weighted by Gasteiger charge is -2.32. The number of carbonyl (C=O) groups is 2. The standard InChI is InChI=1S/C13H25N3O3/c1-11(3-4-12(17)18)5-6-14-13(19)16-9-7-15(2)8-10-16/h11H,3-10H2,1-2H3,(H,14,19)(H,17,18). The molecule has 1 heterocycles. The molecule has 0 bridgehead atoms. The molecule has 0 aromatic heterocycles. The largest absolute Gasteiger partial charge is 0.481 e. The molecule has 2 amide bonds. The zero-order valence-corrected chi connectivity index (χ0v) is 11.9. The van der Waals surface area contributed by atoms with Crippen LogP contribution in [-0.2, 0) is 4.79 Å². The topological polar surface area (TPSA) is 72.9 Å². The summed E-state index contributed by atoms with van der Waals surface area (Å²) in [6, 6.07) is -0.00136. The van der Waals surface area contributed by atoms with Gasteiger partial charge in [0, 0.05) is 39.1 Å². The first-order valence-corrected chi connectivity index (χ1v) is 6.92. The van der Waals surface area contributed by atoms with Crippen LogP contribution in [0.4, 0.5) is 4.79 Å². The highest BCUT2D eigenvalue weighted by Gasteiger charge is 2.18. The van der Waals surface area contributed by atoms with Gasteiger partial charge in [0.25, 0.3) is 0 Å². The Labute approximate surface area is 114 Å². The van der Waals surface area contributed by atoms with Crippen LogP contribution in [0.25, 0.3) is 0 Å². The van der Waals surface area contributed by atoms with Gasteiger partial charge in [-0.1, -0.05) is 6.92 Å². The van der Waals surface area contributed by atoms with Crippen LogP contribution < -0.4 is 5.32 Å². The molecule has 1 aliphatic rings. The lowest BCUT2D eigenvalue weighted by Crippen LogP contribution is -2.50. The van der Waals surface area contributed by atoms with Crippen molar-refractivity contribution in [3.8, 4) is 0 Å². The molecule has 19 heavy (non-hydrogen) atoms. The van der Waals surface area contributed by atoms with Crippen LogP contribution >= 0.6 is 0 Å². The summed E-state index contributed by atoms with van der Waals surface area (Å²) in [5, 5.41) is 11.5. The number of aliphatic carboxylic acids is 1. The van der Waals surface area contributed by atoms with Crippen molar-refractivity contribution in [2.45, 2.75) is 26.2 Å². The fourth-order valence-corrected chi connectivity index (χ4v) is 2.06. The summed E-state index contributed by atoms with van der Waals surface area (Å²) in [6.07, 6.45) is 1.69. The molecule has 1 aliphatic heterocycles. The van der Waals surface area contributed by atoms with Gasteiger partial charge in [0.15, 0.2) is 0 Å². The summed E-state index contributed by atoms with van der Waals surface area (Å²) in [4.78, 5) is 26.3. The summed E-state index contributed by atoms with van der Waals surface area (Å²) in [7, 11) is 2.05. The normalized spacial score (nSPS) is 18.1. The molecule has 1 rings (SSSR count). The molecule has 0 aromatic carbocycles. The Morgan fingerprint density at radius 3 is 2.42 bits per heavy atom. The molecule has 0 aromatic rings. The number of piperazine rings is 1. The number of rotatable bonds is 6. The van der Waals surface area contributed by atoms with E-state index < -0.39 is 5.97 Å². The van der Waals surface area contributed by atoms with Crippen LogP contribution in [0.3, 0.4) is 0 Å². The Morgan fingerprint density at radius 1 is 1.21 bits per heavy atom. The van der Waals surface area contributed by atoms with Crippen molar-refractivity contribution in [2.24, 2.45) is 5.92 Å². The van der Waals surface area contributed by atoms with E-state index in [1.807, 2.05) is 11.8 Å². The maximum Gasteiger partial charge on any atom is 0.317 e. The molecule has 0 radical (unpaired) electrons. The summed E-state index contributed by atoms with van der Waals surface area (Å²) in [6.45, 7) is 6.02. The Kier molecular flexibility index (Phi) is 6.62. The van der Waals surface area contributed by atoms with Crippen LogP contribution in [0.1, 0.15) is 26.2 Å². The minimum Gasteiger partial charge on any atom is -0.481 e. The number of carboxylic acid groups (broad SMARTS) is 1. The number of nitrogens with one attached hydrogen (secondary N) is 1. The van der Waals surface area contributed by atoms with Gasteiger partial charge in [-0.3, -0.25) is 4.79 Å². The van der Waals surface area contributed by atoms with Crippen LogP contribution in [0, 0.1) is 5.92 Å². The zero-order chi connectivity index (χ0) is 14.3. The molecular weight excluding hydrogens is 246 g/mol. The van der Waals surface area contributed by atoms with Crippen molar-refractivity contribution in [1.82, 2.24) is 15.1 Å². The van der Waals surface area contributed by atoms with E-state index in [1.54, 1.807) is 0 Å². The van der Waals surface area contributed by atoms with Gasteiger partial charge in [0.1, 0.15) is 0 Å². The second-order valence-corrected chi connectivity index (χ2v) is 5.35. The summed E-state index contributed by atoms with van der Waals surface area (Å²) >= 11 is 0. The van der Waals surface area contributed by atoms with Crippen LogP contribution in [0.5, 0.6) is 0 Å². The van der Waals surface area contributed by atoms with Crippen LogP contribution in [-0.4, -0.2) is 66.7 Å². The number of hydrogen-bond acceptors (Lipinski definition) is 3. The minimum absolute atomic E-state index is 0.00136. The average molecular weight is 271 g/mol. The van der Waals surface area contributed by atoms with Crippen molar-refractivity contribution in [2.75, 3.05) is 39.8 Å². The van der Waals surface area contributed by atoms with E-state index in [-0.39, 0.29) is 12.5 Å². The first kappa shape index (κ1) is 15.8. The maximum atomic E-state index is 11.9. The highest BCUT2D eigenvalue weighted by Crippen LogP contribution is 2.09. The van der Waals surface area contributed by atoms with E-state index >= 15 is 0 Å². The second kappa shape index (κ2) is 7.99. The average Bonchev–Trinajstić information content (AvgIpc) is 2.37. The highest BCUT2D eigenvalue weighted by atomic mass is 16.4. The fraction of sp³-hybridized carbons (Fsp3) is 0.846. The summed E-state index contributed by atoms with van der Waals surface area (Å²) < 4.78 is 0. The molecule has 1 atom stereocenters. The second-order valence-electron chi connectivity index (χ2n) is 5.35. The number of likely N-dealkylation sites (N-methyl/N-ethyl adjacent to an activating group) is 1. The van der Waals surface area contributed by atoms with Gasteiger partial charge in [-0.25, -0.2) is 4.79 Å². The first-order chi connectivity index (χ1) is 8.99. The van der Waals surface area contributed by atoms with E-state index in [9.17, 15) is 9.59 Å². The van der Waals surface area contributed by atoms with Gasteiger partial charge in [0.2, 0.25) is 0 Å². The monoisotopic (exact) mass is 271 g/mol. The van der Waals surface area contributed by atoms with Crippen LogP contribution in [0.15, 0.2) is 0 Å². The van der Waals surface area contributed by atoms with Crippen molar-refractivity contribution < 1.29 is 14.7 Å². The predicted molar refractivity (Wildman–Crippen MR) is 73.1 cm³/mol. The van der Waals surface area contributed by atoms with Crippen molar-refractivity contribution >= 4 is 12.0 Å². The van der Waals surface area contributed by atoms with Gasteiger partial charge in [-0.15, -0.1) is 0 Å². The van der Waals surface area contributed by atoms with Crippen LogP contribution in [0.2, 0.25) is 0 Å². The number of carbonyl (C=O) groups excluding carboxylic acids is 1. The van der Waals surface area contributed by atoms with Crippen molar-refractivity contribution in [3.63, 3.8) is 0 Å². The number of amides is 2. The Bertz CT molecular complexity index is 302. The molecule has 2 N–H and O–H groups in total. The number of carboxylic acids is 1. The van der Waals surface area contributed by atoms with Crippen molar-refractivity contribution in [1.29, 1.82) is 0 Å². The highest BCUT2D eigenvalue weighted by molar-refractivity contribution is 5.74. The van der Waals surface area contributed by atoms with E-state index in [0.717, 1.165) is 32.6 Å².